The largest absolute Gasteiger partial charge is 0.444 e. The number of nitrogens with zero attached hydrogens (tertiary/aromatic N) is 4. The number of rotatable bonds is 4. The van der Waals surface area contributed by atoms with Crippen molar-refractivity contribution in [3.05, 3.63) is 65.9 Å². The van der Waals surface area contributed by atoms with Crippen LogP contribution in [0.25, 0.3) is 33.4 Å². The number of carbonyl (C=O) groups excluding carboxylic acids is 1. The Balaban J connectivity index is 1.42. The highest BCUT2D eigenvalue weighted by Crippen LogP contribution is 2.34. The van der Waals surface area contributed by atoms with Crippen LogP contribution in [-0.4, -0.2) is 67.0 Å². The molecule has 0 N–H and O–H groups in total. The summed E-state index contributed by atoms with van der Waals surface area (Å²) < 4.78 is 62.0. The van der Waals surface area contributed by atoms with Gasteiger partial charge in [-0.25, -0.2) is 22.0 Å². The first-order chi connectivity index (χ1) is 19.6. The second-order valence-electron chi connectivity index (χ2n) is 11.6. The average molecular weight is 597 g/mol. The molecule has 0 radical (unpaired) electrons. The third kappa shape index (κ3) is 5.83. The molecule has 1 aliphatic rings. The predicted octanol–water partition coefficient (Wildman–Crippen LogP) is 5.95. The second kappa shape index (κ2) is 10.7. The Morgan fingerprint density at radius 1 is 0.952 bits per heavy atom. The van der Waals surface area contributed by atoms with Crippen molar-refractivity contribution in [2.24, 2.45) is 7.05 Å². The predicted molar refractivity (Wildman–Crippen MR) is 159 cm³/mol. The summed E-state index contributed by atoms with van der Waals surface area (Å²) in [4.78, 5) is 20.5. The molecule has 2 aromatic carbocycles. The van der Waals surface area contributed by atoms with Crippen LogP contribution >= 0.6 is 0 Å². The van der Waals surface area contributed by atoms with Crippen molar-refractivity contribution in [1.29, 1.82) is 0 Å². The van der Waals surface area contributed by atoms with E-state index in [-0.39, 0.29) is 16.1 Å². The normalized spacial score (nSPS) is 14.5. The van der Waals surface area contributed by atoms with E-state index >= 15 is 8.78 Å². The maximum atomic E-state index is 15.5. The zero-order valence-electron chi connectivity index (χ0n) is 24.5. The number of aryl methyl sites for hydroxylation is 2. The molecule has 0 aliphatic carbocycles. The molecule has 8 nitrogen and oxygen atoms in total. The SMILES string of the molecule is Cc1nc(-c2cc(F)c(N3CCN(C(=O)OC(C)(C)C)CC3)cc2F)cc2c1cc(-c1ccc(S(C)(=O)=O)cc1)n2C. The Morgan fingerprint density at radius 3 is 2.19 bits per heavy atom. The molecule has 0 bridgehead atoms. The summed E-state index contributed by atoms with van der Waals surface area (Å²) in [5, 5.41) is 0.851. The Kier molecular flexibility index (Phi) is 7.51. The van der Waals surface area contributed by atoms with Gasteiger partial charge >= 0.3 is 6.09 Å². The quantitative estimate of drug-likeness (QED) is 0.289. The lowest BCUT2D eigenvalue weighted by Gasteiger charge is -2.36. The molecule has 42 heavy (non-hydrogen) atoms. The van der Waals surface area contributed by atoms with Crippen molar-refractivity contribution in [3.8, 4) is 22.5 Å². The number of ether oxygens (including phenoxy) is 1. The van der Waals surface area contributed by atoms with Crippen LogP contribution in [0.3, 0.4) is 0 Å². The van der Waals surface area contributed by atoms with E-state index in [0.29, 0.717) is 37.6 Å². The van der Waals surface area contributed by atoms with E-state index < -0.39 is 33.2 Å². The van der Waals surface area contributed by atoms with Gasteiger partial charge in [-0.1, -0.05) is 12.1 Å². The van der Waals surface area contributed by atoms with Crippen LogP contribution < -0.4 is 4.90 Å². The van der Waals surface area contributed by atoms with Crippen LogP contribution in [-0.2, 0) is 21.6 Å². The highest BCUT2D eigenvalue weighted by molar-refractivity contribution is 7.90. The summed E-state index contributed by atoms with van der Waals surface area (Å²) >= 11 is 0. The lowest BCUT2D eigenvalue weighted by Crippen LogP contribution is -2.50. The van der Waals surface area contributed by atoms with E-state index in [1.165, 1.54) is 12.1 Å². The van der Waals surface area contributed by atoms with E-state index in [4.69, 9.17) is 4.74 Å². The fourth-order valence-corrected chi connectivity index (χ4v) is 5.83. The number of piperazine rings is 1. The third-order valence-corrected chi connectivity index (χ3v) is 8.52. The zero-order chi connectivity index (χ0) is 30.6. The maximum absolute atomic E-state index is 15.5. The number of carbonyl (C=O) groups is 1. The van der Waals surface area contributed by atoms with E-state index in [0.717, 1.165) is 28.4 Å². The number of benzene rings is 2. The van der Waals surface area contributed by atoms with Gasteiger partial charge in [0.1, 0.15) is 17.2 Å². The molecule has 0 saturated carbocycles. The molecule has 0 atom stereocenters. The van der Waals surface area contributed by atoms with Crippen LogP contribution in [0.15, 0.2) is 53.4 Å². The summed E-state index contributed by atoms with van der Waals surface area (Å²) in [6, 6.07) is 12.7. The molecule has 0 unspecified atom stereocenters. The Hall–Kier alpha value is -3.99. The lowest BCUT2D eigenvalue weighted by atomic mass is 10.1. The summed E-state index contributed by atoms with van der Waals surface area (Å²) in [7, 11) is -1.45. The Labute approximate surface area is 244 Å². The molecule has 3 heterocycles. The molecule has 2 aromatic heterocycles. The Bertz CT molecular complexity index is 1790. The zero-order valence-corrected chi connectivity index (χ0v) is 25.3. The van der Waals surface area contributed by atoms with Gasteiger partial charge in [-0.15, -0.1) is 0 Å². The first-order valence-corrected chi connectivity index (χ1v) is 15.5. The summed E-state index contributed by atoms with van der Waals surface area (Å²) in [6.07, 6.45) is 0.743. The fraction of sp³-hybridized carbons (Fsp3) is 0.355. The minimum Gasteiger partial charge on any atom is -0.444 e. The van der Waals surface area contributed by atoms with Gasteiger partial charge in [-0.3, -0.25) is 4.98 Å². The van der Waals surface area contributed by atoms with Crippen molar-refractivity contribution in [2.75, 3.05) is 37.3 Å². The van der Waals surface area contributed by atoms with E-state index in [2.05, 4.69) is 4.98 Å². The van der Waals surface area contributed by atoms with Crippen LogP contribution in [0.1, 0.15) is 26.5 Å². The summed E-state index contributed by atoms with van der Waals surface area (Å²) in [5.74, 6) is -1.17. The minimum atomic E-state index is -3.32. The summed E-state index contributed by atoms with van der Waals surface area (Å²) in [5.41, 5.74) is 2.96. The van der Waals surface area contributed by atoms with E-state index in [1.54, 1.807) is 60.9 Å². The molecule has 5 rings (SSSR count). The standard InChI is InChI=1S/C31H34F2N4O4S/c1-19-22-16-27(20-7-9-21(10-8-20)42(6,39)40)35(5)28(22)18-26(34-19)23-15-25(33)29(17-24(23)32)36-11-13-37(14-12-36)30(38)41-31(2,3)4/h7-10,15-18H,11-14H2,1-6H3. The highest BCUT2D eigenvalue weighted by Gasteiger charge is 2.28. The maximum Gasteiger partial charge on any atom is 0.410 e. The minimum absolute atomic E-state index is 0.0499. The molecule has 1 fully saturated rings. The van der Waals surface area contributed by atoms with Gasteiger partial charge in [0.2, 0.25) is 0 Å². The van der Waals surface area contributed by atoms with Gasteiger partial charge in [0.15, 0.2) is 9.84 Å². The van der Waals surface area contributed by atoms with Crippen LogP contribution in [0, 0.1) is 18.6 Å². The number of hydrogen-bond donors (Lipinski definition) is 0. The second-order valence-corrected chi connectivity index (χ2v) is 13.7. The van der Waals surface area contributed by atoms with Gasteiger partial charge in [-0.05, 0) is 63.6 Å². The number of sulfone groups is 1. The average Bonchev–Trinajstić information content (AvgIpc) is 3.25. The number of halogens is 2. The topological polar surface area (TPSA) is 84.7 Å². The molecule has 1 aliphatic heterocycles. The molecule has 11 heteroatoms. The molecule has 1 amide bonds. The van der Waals surface area contributed by atoms with Crippen molar-refractivity contribution in [3.63, 3.8) is 0 Å². The lowest BCUT2D eigenvalue weighted by molar-refractivity contribution is 0.0240. The van der Waals surface area contributed by atoms with Crippen LogP contribution in [0.5, 0.6) is 0 Å². The molecular weight excluding hydrogens is 562 g/mol. The van der Waals surface area contributed by atoms with Crippen LogP contribution in [0.2, 0.25) is 0 Å². The molecular formula is C31H34F2N4O4S. The van der Waals surface area contributed by atoms with Crippen LogP contribution in [0.4, 0.5) is 19.3 Å². The third-order valence-electron chi connectivity index (χ3n) is 7.39. The molecule has 222 valence electrons. The number of anilines is 1. The highest BCUT2D eigenvalue weighted by atomic mass is 32.2. The van der Waals surface area contributed by atoms with E-state index in [1.807, 2.05) is 24.6 Å². The number of aromatic nitrogens is 2. The number of hydrogen-bond acceptors (Lipinski definition) is 6. The number of fused-ring (bicyclic) bond motifs is 1. The van der Waals surface area contributed by atoms with Crippen molar-refractivity contribution >= 4 is 32.5 Å². The van der Waals surface area contributed by atoms with Gasteiger partial charge in [0, 0.05) is 67.9 Å². The Morgan fingerprint density at radius 2 is 1.60 bits per heavy atom. The molecule has 4 aromatic rings. The van der Waals surface area contributed by atoms with Crippen molar-refractivity contribution in [2.45, 2.75) is 38.2 Å². The first-order valence-electron chi connectivity index (χ1n) is 13.6. The van der Waals surface area contributed by atoms with Crippen molar-refractivity contribution < 1.29 is 26.7 Å². The fourth-order valence-electron chi connectivity index (χ4n) is 5.20. The molecule has 1 saturated heterocycles. The smallest absolute Gasteiger partial charge is 0.410 e. The monoisotopic (exact) mass is 596 g/mol. The molecule has 0 spiro atoms. The van der Waals surface area contributed by atoms with Gasteiger partial charge in [-0.2, -0.15) is 0 Å². The number of pyridine rings is 1. The van der Waals surface area contributed by atoms with Crippen molar-refractivity contribution in [1.82, 2.24) is 14.5 Å². The summed E-state index contributed by atoms with van der Waals surface area (Å²) in [6.45, 7) is 8.57. The first kappa shape index (κ1) is 29.5. The number of amides is 1. The van der Waals surface area contributed by atoms with Gasteiger partial charge in [0.25, 0.3) is 0 Å². The van der Waals surface area contributed by atoms with E-state index in [9.17, 15) is 13.2 Å². The van der Waals surface area contributed by atoms with Gasteiger partial charge < -0.3 is 19.1 Å². The van der Waals surface area contributed by atoms with Gasteiger partial charge in [0.05, 0.1) is 21.8 Å².